The molecule has 2 aromatic rings. The first-order valence-electron chi connectivity index (χ1n) is 4.44. The van der Waals surface area contributed by atoms with Gasteiger partial charge in [0.05, 0.1) is 0 Å². The summed E-state index contributed by atoms with van der Waals surface area (Å²) in [5.74, 6) is 0.390. The van der Waals surface area contributed by atoms with Gasteiger partial charge in [-0.05, 0) is 17.7 Å². The van der Waals surface area contributed by atoms with E-state index in [1.165, 1.54) is 12.1 Å². The second-order valence-electron chi connectivity index (χ2n) is 3.07. The first-order chi connectivity index (χ1) is 7.28. The Morgan fingerprint density at radius 3 is 2.60 bits per heavy atom. The van der Waals surface area contributed by atoms with Crippen LogP contribution < -0.4 is 0 Å². The average molecular weight is 208 g/mol. The minimum Gasteiger partial charge on any atom is -0.387 e. The normalized spacial score (nSPS) is 10.5. The summed E-state index contributed by atoms with van der Waals surface area (Å²) in [7, 11) is 0. The molecular weight excluding hydrogens is 199 g/mol. The lowest BCUT2D eigenvalue weighted by Crippen LogP contribution is -1.91. The smallest absolute Gasteiger partial charge is 0.252 e. The second kappa shape index (κ2) is 4.18. The van der Waals surface area contributed by atoms with Gasteiger partial charge in [0.1, 0.15) is 12.4 Å². The largest absolute Gasteiger partial charge is 0.387 e. The second-order valence-corrected chi connectivity index (χ2v) is 3.07. The first-order valence-corrected chi connectivity index (χ1v) is 4.44. The van der Waals surface area contributed by atoms with E-state index in [4.69, 9.17) is 9.63 Å². The van der Waals surface area contributed by atoms with Gasteiger partial charge in [-0.15, -0.1) is 0 Å². The van der Waals surface area contributed by atoms with Gasteiger partial charge in [0.15, 0.2) is 5.82 Å². The van der Waals surface area contributed by atoms with Crippen LogP contribution in [0, 0.1) is 5.82 Å². The summed E-state index contributed by atoms with van der Waals surface area (Å²) in [4.78, 5) is 3.92. The highest BCUT2D eigenvalue weighted by molar-refractivity contribution is 5.19. The van der Waals surface area contributed by atoms with Gasteiger partial charge in [-0.25, -0.2) is 4.39 Å². The zero-order valence-corrected chi connectivity index (χ0v) is 7.85. The fourth-order valence-electron chi connectivity index (χ4n) is 1.21. The Bertz CT molecular complexity index is 439. The molecule has 0 spiro atoms. The Hall–Kier alpha value is -1.75. The molecule has 15 heavy (non-hydrogen) atoms. The van der Waals surface area contributed by atoms with Crippen molar-refractivity contribution >= 4 is 0 Å². The van der Waals surface area contributed by atoms with Gasteiger partial charge in [0.2, 0.25) is 0 Å². The third-order valence-electron chi connectivity index (χ3n) is 1.92. The standard InChI is InChI=1S/C10H9FN2O2/c11-8-3-1-7(2-4-8)5-9-12-10(6-14)15-13-9/h1-4,14H,5-6H2. The molecule has 0 atom stereocenters. The fourth-order valence-corrected chi connectivity index (χ4v) is 1.21. The quantitative estimate of drug-likeness (QED) is 0.825. The lowest BCUT2D eigenvalue weighted by atomic mass is 10.1. The first kappa shape index (κ1) is 9.79. The Morgan fingerprint density at radius 2 is 2.00 bits per heavy atom. The summed E-state index contributed by atoms with van der Waals surface area (Å²) in [5.41, 5.74) is 0.890. The number of aliphatic hydroxyl groups excluding tert-OH is 1. The summed E-state index contributed by atoms with van der Waals surface area (Å²) in [6, 6.07) is 6.07. The maximum atomic E-state index is 12.6. The third-order valence-corrected chi connectivity index (χ3v) is 1.92. The zero-order chi connectivity index (χ0) is 10.7. The van der Waals surface area contributed by atoms with Crippen LogP contribution in [0.5, 0.6) is 0 Å². The van der Waals surface area contributed by atoms with E-state index in [9.17, 15) is 4.39 Å². The van der Waals surface area contributed by atoms with Gasteiger partial charge in [0, 0.05) is 6.42 Å². The van der Waals surface area contributed by atoms with Crippen molar-refractivity contribution in [1.82, 2.24) is 10.1 Å². The summed E-state index contributed by atoms with van der Waals surface area (Å²) >= 11 is 0. The lowest BCUT2D eigenvalue weighted by molar-refractivity contribution is 0.222. The topological polar surface area (TPSA) is 59.2 Å². The Labute approximate surface area is 85.4 Å². The molecule has 1 aromatic heterocycles. The van der Waals surface area contributed by atoms with Crippen LogP contribution in [0.15, 0.2) is 28.8 Å². The highest BCUT2D eigenvalue weighted by Crippen LogP contribution is 2.08. The molecule has 0 amide bonds. The number of halogens is 1. The predicted molar refractivity (Wildman–Crippen MR) is 49.4 cm³/mol. The average Bonchev–Trinajstić information content (AvgIpc) is 2.69. The van der Waals surface area contributed by atoms with E-state index in [2.05, 4.69) is 10.1 Å². The van der Waals surface area contributed by atoms with Crippen molar-refractivity contribution in [2.45, 2.75) is 13.0 Å². The molecule has 0 radical (unpaired) electrons. The van der Waals surface area contributed by atoms with Crippen molar-refractivity contribution in [3.05, 3.63) is 47.4 Å². The zero-order valence-electron chi connectivity index (χ0n) is 7.85. The third kappa shape index (κ3) is 2.38. The molecule has 2 rings (SSSR count). The Kier molecular flexibility index (Phi) is 2.73. The lowest BCUT2D eigenvalue weighted by Gasteiger charge is -1.95. The number of benzene rings is 1. The molecule has 1 aromatic carbocycles. The van der Waals surface area contributed by atoms with Crippen molar-refractivity contribution in [3.8, 4) is 0 Å². The van der Waals surface area contributed by atoms with Crippen LogP contribution in [0.25, 0.3) is 0 Å². The summed E-state index contributed by atoms with van der Waals surface area (Å²) in [6.45, 7) is -0.267. The Morgan fingerprint density at radius 1 is 1.27 bits per heavy atom. The molecule has 0 aliphatic rings. The number of hydrogen-bond acceptors (Lipinski definition) is 4. The molecule has 0 aliphatic heterocycles. The fraction of sp³-hybridized carbons (Fsp3) is 0.200. The van der Waals surface area contributed by atoms with Gasteiger partial charge in [0.25, 0.3) is 5.89 Å². The van der Waals surface area contributed by atoms with Crippen LogP contribution in [0.4, 0.5) is 4.39 Å². The van der Waals surface area contributed by atoms with Crippen LogP contribution in [0.2, 0.25) is 0 Å². The minimum atomic E-state index is -0.275. The number of aromatic nitrogens is 2. The van der Waals surface area contributed by atoms with Crippen molar-refractivity contribution in [2.24, 2.45) is 0 Å². The monoisotopic (exact) mass is 208 g/mol. The minimum absolute atomic E-state index is 0.187. The molecule has 1 N–H and O–H groups in total. The molecule has 0 fully saturated rings. The highest BCUT2D eigenvalue weighted by Gasteiger charge is 2.05. The van der Waals surface area contributed by atoms with Gasteiger partial charge in [-0.1, -0.05) is 17.3 Å². The van der Waals surface area contributed by atoms with Crippen molar-refractivity contribution in [1.29, 1.82) is 0 Å². The van der Waals surface area contributed by atoms with E-state index >= 15 is 0 Å². The van der Waals surface area contributed by atoms with E-state index in [-0.39, 0.29) is 18.3 Å². The Balaban J connectivity index is 2.11. The SMILES string of the molecule is OCc1nc(Cc2ccc(F)cc2)no1. The molecule has 0 saturated heterocycles. The van der Waals surface area contributed by atoms with Crippen LogP contribution >= 0.6 is 0 Å². The molecule has 1 heterocycles. The van der Waals surface area contributed by atoms with Crippen molar-refractivity contribution in [3.63, 3.8) is 0 Å². The molecule has 4 nitrogen and oxygen atoms in total. The summed E-state index contributed by atoms with van der Waals surface area (Å²) in [6.07, 6.45) is 0.462. The van der Waals surface area contributed by atoms with Crippen LogP contribution in [0.3, 0.4) is 0 Å². The maximum absolute atomic E-state index is 12.6. The molecule has 0 unspecified atom stereocenters. The van der Waals surface area contributed by atoms with Crippen molar-refractivity contribution < 1.29 is 14.0 Å². The number of aliphatic hydroxyl groups is 1. The number of rotatable bonds is 3. The molecule has 0 aliphatic carbocycles. The summed E-state index contributed by atoms with van der Waals surface area (Å²) in [5, 5.41) is 12.4. The highest BCUT2D eigenvalue weighted by atomic mass is 19.1. The van der Waals surface area contributed by atoms with Gasteiger partial charge in [-0.2, -0.15) is 4.98 Å². The van der Waals surface area contributed by atoms with Gasteiger partial charge in [-0.3, -0.25) is 0 Å². The van der Waals surface area contributed by atoms with Gasteiger partial charge >= 0.3 is 0 Å². The number of nitrogens with zero attached hydrogens (tertiary/aromatic N) is 2. The van der Waals surface area contributed by atoms with E-state index in [1.807, 2.05) is 0 Å². The van der Waals surface area contributed by atoms with Gasteiger partial charge < -0.3 is 9.63 Å². The van der Waals surface area contributed by atoms with E-state index in [0.717, 1.165) is 5.56 Å². The van der Waals surface area contributed by atoms with E-state index in [0.29, 0.717) is 12.2 Å². The molecule has 78 valence electrons. The molecule has 0 saturated carbocycles. The van der Waals surface area contributed by atoms with E-state index in [1.54, 1.807) is 12.1 Å². The van der Waals surface area contributed by atoms with Crippen LogP contribution in [-0.2, 0) is 13.0 Å². The van der Waals surface area contributed by atoms with Crippen LogP contribution in [0.1, 0.15) is 17.3 Å². The van der Waals surface area contributed by atoms with E-state index < -0.39 is 0 Å². The van der Waals surface area contributed by atoms with Crippen molar-refractivity contribution in [2.75, 3.05) is 0 Å². The summed E-state index contributed by atoms with van der Waals surface area (Å²) < 4.78 is 17.3. The predicted octanol–water partition coefficient (Wildman–Crippen LogP) is 1.29. The number of hydrogen-bond donors (Lipinski definition) is 1. The van der Waals surface area contributed by atoms with Crippen LogP contribution in [-0.4, -0.2) is 15.2 Å². The molecular formula is C10H9FN2O2. The molecule has 5 heteroatoms. The maximum Gasteiger partial charge on any atom is 0.252 e. The molecule has 0 bridgehead atoms.